The molecule has 0 unspecified atom stereocenters. The number of hydrogen-bond acceptors (Lipinski definition) is 3. The van der Waals surface area contributed by atoms with Gasteiger partial charge in [-0.3, -0.25) is 4.72 Å². The Morgan fingerprint density at radius 2 is 1.73 bits per heavy atom. The van der Waals surface area contributed by atoms with Crippen LogP contribution in [0.1, 0.15) is 5.56 Å². The minimum absolute atomic E-state index is 0.0323. The molecule has 1 aromatic heterocycles. The first-order valence-corrected chi connectivity index (χ1v) is 7.84. The number of rotatable bonds is 3. The van der Waals surface area contributed by atoms with Crippen LogP contribution in [0.2, 0.25) is 10.0 Å². The van der Waals surface area contributed by atoms with Gasteiger partial charge in [-0.2, -0.15) is 13.2 Å². The lowest BCUT2D eigenvalue weighted by Crippen LogP contribution is -2.14. The molecule has 0 aliphatic heterocycles. The Bertz CT molecular complexity index is 793. The molecule has 0 saturated carbocycles. The zero-order valence-corrected chi connectivity index (χ0v) is 12.9. The minimum atomic E-state index is -4.55. The van der Waals surface area contributed by atoms with Gasteiger partial charge >= 0.3 is 6.18 Å². The van der Waals surface area contributed by atoms with Gasteiger partial charge in [0.2, 0.25) is 0 Å². The number of halogens is 5. The third-order valence-electron chi connectivity index (χ3n) is 2.53. The van der Waals surface area contributed by atoms with E-state index < -0.39 is 21.8 Å². The number of anilines is 1. The van der Waals surface area contributed by atoms with Crippen molar-refractivity contribution in [2.45, 2.75) is 11.1 Å². The molecule has 0 amide bonds. The maximum atomic E-state index is 12.4. The molecule has 1 N–H and O–H groups in total. The average molecular weight is 371 g/mol. The van der Waals surface area contributed by atoms with Crippen LogP contribution in [0, 0.1) is 0 Å². The molecule has 0 aliphatic carbocycles. The monoisotopic (exact) mass is 370 g/mol. The fraction of sp³-hybridized carbons (Fsp3) is 0.0833. The first-order chi connectivity index (χ1) is 10.1. The lowest BCUT2D eigenvalue weighted by atomic mass is 10.3. The van der Waals surface area contributed by atoms with E-state index in [1.54, 1.807) is 0 Å². The number of hydrogen-bond donors (Lipinski definition) is 1. The van der Waals surface area contributed by atoms with Crippen molar-refractivity contribution >= 4 is 39.0 Å². The Hall–Kier alpha value is -1.51. The SMILES string of the molecule is O=S(=O)(Nc1ccc(C(F)(F)F)cn1)c1ccc(Cl)c(Cl)c1. The van der Waals surface area contributed by atoms with E-state index in [1.807, 2.05) is 0 Å². The fourth-order valence-corrected chi connectivity index (χ4v) is 2.86. The third kappa shape index (κ3) is 3.82. The van der Waals surface area contributed by atoms with Gasteiger partial charge < -0.3 is 0 Å². The third-order valence-corrected chi connectivity index (χ3v) is 4.62. The number of benzene rings is 1. The smallest absolute Gasteiger partial charge is 0.263 e. The van der Waals surface area contributed by atoms with Crippen LogP contribution in [-0.2, 0) is 16.2 Å². The van der Waals surface area contributed by atoms with Crippen molar-refractivity contribution in [2.24, 2.45) is 0 Å². The molecule has 118 valence electrons. The van der Waals surface area contributed by atoms with E-state index in [9.17, 15) is 21.6 Å². The molecule has 0 spiro atoms. The summed E-state index contributed by atoms with van der Waals surface area (Å²) < 4.78 is 63.4. The molecule has 2 aromatic rings. The number of nitrogens with zero attached hydrogens (tertiary/aromatic N) is 1. The largest absolute Gasteiger partial charge is 0.417 e. The van der Waals surface area contributed by atoms with E-state index in [-0.39, 0.29) is 20.8 Å². The molecular formula is C12H7Cl2F3N2O2S. The van der Waals surface area contributed by atoms with Crippen LogP contribution < -0.4 is 4.72 Å². The zero-order chi connectivity index (χ0) is 16.5. The number of sulfonamides is 1. The summed E-state index contributed by atoms with van der Waals surface area (Å²) in [5.41, 5.74) is -0.981. The van der Waals surface area contributed by atoms with Crippen molar-refractivity contribution in [1.82, 2.24) is 4.98 Å². The molecule has 0 atom stereocenters. The fourth-order valence-electron chi connectivity index (χ4n) is 1.46. The maximum Gasteiger partial charge on any atom is 0.417 e. The molecule has 1 aromatic carbocycles. The van der Waals surface area contributed by atoms with Crippen molar-refractivity contribution in [1.29, 1.82) is 0 Å². The second kappa shape index (κ2) is 5.94. The van der Waals surface area contributed by atoms with Gasteiger partial charge in [0.1, 0.15) is 5.82 Å². The van der Waals surface area contributed by atoms with Crippen LogP contribution in [0.4, 0.5) is 19.0 Å². The van der Waals surface area contributed by atoms with E-state index >= 15 is 0 Å². The summed E-state index contributed by atoms with van der Waals surface area (Å²) >= 11 is 11.4. The Labute approximate surface area is 133 Å². The molecule has 0 saturated heterocycles. The number of alkyl halides is 3. The number of pyridine rings is 1. The summed E-state index contributed by atoms with van der Waals surface area (Å²) in [6.07, 6.45) is -4.01. The highest BCUT2D eigenvalue weighted by Gasteiger charge is 2.30. The topological polar surface area (TPSA) is 59.1 Å². The quantitative estimate of drug-likeness (QED) is 0.880. The maximum absolute atomic E-state index is 12.4. The molecule has 22 heavy (non-hydrogen) atoms. The molecule has 4 nitrogen and oxygen atoms in total. The highest BCUT2D eigenvalue weighted by atomic mass is 35.5. The van der Waals surface area contributed by atoms with Gasteiger partial charge in [0, 0.05) is 6.20 Å². The summed E-state index contributed by atoms with van der Waals surface area (Å²) in [5, 5.41) is 0.207. The average Bonchev–Trinajstić information content (AvgIpc) is 2.41. The van der Waals surface area contributed by atoms with Crippen LogP contribution in [-0.4, -0.2) is 13.4 Å². The lowest BCUT2D eigenvalue weighted by Gasteiger charge is -2.10. The summed E-state index contributed by atoms with van der Waals surface area (Å²) in [7, 11) is -4.04. The molecule has 1 heterocycles. The van der Waals surface area contributed by atoms with Gasteiger partial charge in [0.25, 0.3) is 10.0 Å². The zero-order valence-electron chi connectivity index (χ0n) is 10.5. The predicted octanol–water partition coefficient (Wildman–Crippen LogP) is 4.21. The van der Waals surface area contributed by atoms with Crippen LogP contribution in [0.25, 0.3) is 0 Å². The van der Waals surface area contributed by atoms with Crippen LogP contribution in [0.15, 0.2) is 41.4 Å². The Kier molecular flexibility index (Phi) is 4.55. The standard InChI is InChI=1S/C12H7Cl2F3N2O2S/c13-9-3-2-8(5-10(9)14)22(20,21)19-11-4-1-7(6-18-11)12(15,16)17/h1-6H,(H,18,19). The summed E-state index contributed by atoms with van der Waals surface area (Å²) in [6.45, 7) is 0. The van der Waals surface area contributed by atoms with Gasteiger partial charge in [0.05, 0.1) is 20.5 Å². The van der Waals surface area contributed by atoms with E-state index in [0.717, 1.165) is 18.2 Å². The molecular weight excluding hydrogens is 364 g/mol. The van der Waals surface area contributed by atoms with Crippen molar-refractivity contribution in [2.75, 3.05) is 4.72 Å². The number of aromatic nitrogens is 1. The minimum Gasteiger partial charge on any atom is -0.263 e. The van der Waals surface area contributed by atoms with Gasteiger partial charge in [-0.1, -0.05) is 23.2 Å². The molecule has 0 radical (unpaired) electrons. The van der Waals surface area contributed by atoms with Crippen LogP contribution in [0.5, 0.6) is 0 Å². The van der Waals surface area contributed by atoms with Crippen LogP contribution >= 0.6 is 23.2 Å². The van der Waals surface area contributed by atoms with Crippen LogP contribution in [0.3, 0.4) is 0 Å². The van der Waals surface area contributed by atoms with Gasteiger partial charge in [-0.15, -0.1) is 0 Å². The normalized spacial score (nSPS) is 12.2. The highest BCUT2D eigenvalue weighted by Crippen LogP contribution is 2.29. The van der Waals surface area contributed by atoms with E-state index in [4.69, 9.17) is 23.2 Å². The highest BCUT2D eigenvalue weighted by molar-refractivity contribution is 7.92. The van der Waals surface area contributed by atoms with Gasteiger partial charge in [-0.25, -0.2) is 13.4 Å². The summed E-state index contributed by atoms with van der Waals surface area (Å²) in [4.78, 5) is 3.24. The number of nitrogens with one attached hydrogen (secondary N) is 1. The predicted molar refractivity (Wildman–Crippen MR) is 76.5 cm³/mol. The van der Waals surface area contributed by atoms with Gasteiger partial charge in [-0.05, 0) is 30.3 Å². The first kappa shape index (κ1) is 16.9. The van der Waals surface area contributed by atoms with Gasteiger partial charge in [0.15, 0.2) is 0 Å². The van der Waals surface area contributed by atoms with Crippen molar-refractivity contribution in [3.05, 3.63) is 52.1 Å². The van der Waals surface area contributed by atoms with E-state index in [0.29, 0.717) is 6.20 Å². The molecule has 0 aliphatic rings. The van der Waals surface area contributed by atoms with E-state index in [2.05, 4.69) is 9.71 Å². The van der Waals surface area contributed by atoms with E-state index in [1.165, 1.54) is 12.1 Å². The van der Waals surface area contributed by atoms with Crippen molar-refractivity contribution < 1.29 is 21.6 Å². The lowest BCUT2D eigenvalue weighted by molar-refractivity contribution is -0.137. The van der Waals surface area contributed by atoms with Crippen molar-refractivity contribution in [3.63, 3.8) is 0 Å². The molecule has 2 rings (SSSR count). The first-order valence-electron chi connectivity index (χ1n) is 5.61. The van der Waals surface area contributed by atoms with Crippen molar-refractivity contribution in [3.8, 4) is 0 Å². The molecule has 0 bridgehead atoms. The summed E-state index contributed by atoms with van der Waals surface area (Å²) in [5.74, 6) is -0.251. The Morgan fingerprint density at radius 3 is 2.23 bits per heavy atom. The second-order valence-corrected chi connectivity index (χ2v) is 6.61. The summed E-state index contributed by atoms with van der Waals surface area (Å²) in [6, 6.07) is 5.26. The Morgan fingerprint density at radius 1 is 1.05 bits per heavy atom. The second-order valence-electron chi connectivity index (χ2n) is 4.11. The Balaban J connectivity index is 2.27. The molecule has 0 fully saturated rings. The molecule has 10 heteroatoms.